The van der Waals surface area contributed by atoms with Gasteiger partial charge in [-0.05, 0) is 25.1 Å². The monoisotopic (exact) mass is 636 g/mol. The molecule has 4 atom stereocenters. The van der Waals surface area contributed by atoms with Crippen molar-refractivity contribution in [1.29, 1.82) is 0 Å². The molecule has 0 aromatic carbocycles. The smallest absolute Gasteiger partial charge is 0.376 e. The number of esters is 1. The molecule has 1 saturated heterocycles. The Kier molecular flexibility index (Phi) is 16.5. The van der Waals surface area contributed by atoms with Crippen molar-refractivity contribution >= 4 is 48.3 Å². The van der Waals surface area contributed by atoms with Crippen LogP contribution in [0.1, 0.15) is 54.4 Å². The number of ketones is 1. The summed E-state index contributed by atoms with van der Waals surface area (Å²) in [6.07, 6.45) is 1.87. The van der Waals surface area contributed by atoms with Crippen molar-refractivity contribution in [2.24, 2.45) is 11.8 Å². The van der Waals surface area contributed by atoms with Crippen LogP contribution >= 0.6 is 0 Å². The topological polar surface area (TPSA) is 204 Å². The molecule has 5 N–H and O–H groups in total. The molecular weight excluding hydrogens is 587 g/mol. The molecule has 0 aromatic heterocycles. The van der Waals surface area contributed by atoms with E-state index >= 15 is 0 Å². The highest BCUT2D eigenvalue weighted by molar-refractivity contribution is 6.45. The number of hydrogen-bond donors (Lipinski definition) is 5. The standard InChI is InChI=1S/C29H49BN6O9/c1-9-11-20(25(39)28(42)31-15-22(38)45-14-10-2)33-26(40)21-16-35(30(8)44)12-13-36(21)29(43)24(18(5)6)34-27(41)23(17(3)4)32-19(7)37/h10,17-18,20-21,23-24,44H,2,9,11-16H2,1,3-8H3,(H,31,42)(H,32,37)(H,33,40)(H,34,41)/t20?,21?,23-,24-/m0/s1. The van der Waals surface area contributed by atoms with Crippen molar-refractivity contribution < 1.29 is 43.3 Å². The number of piperazine rings is 1. The van der Waals surface area contributed by atoms with E-state index in [9.17, 15) is 38.6 Å². The molecule has 5 amide bonds. The number of carbonyl (C=O) groups excluding carboxylic acids is 7. The van der Waals surface area contributed by atoms with E-state index in [1.54, 1.807) is 39.4 Å². The zero-order chi connectivity index (χ0) is 34.4. The average Bonchev–Trinajstić information content (AvgIpc) is 2.98. The number of carbonyl (C=O) groups is 7. The lowest BCUT2D eigenvalue weighted by Crippen LogP contribution is -2.67. The summed E-state index contributed by atoms with van der Waals surface area (Å²) < 4.78 is 4.78. The maximum atomic E-state index is 13.9. The zero-order valence-corrected chi connectivity index (χ0v) is 27.4. The molecular formula is C29H49BN6O9. The van der Waals surface area contributed by atoms with Gasteiger partial charge < -0.3 is 40.7 Å². The minimum absolute atomic E-state index is 0.0277. The maximum absolute atomic E-state index is 13.9. The molecule has 16 heteroatoms. The van der Waals surface area contributed by atoms with Crippen LogP contribution in [0.25, 0.3) is 0 Å². The molecule has 0 spiro atoms. The second-order valence-corrected chi connectivity index (χ2v) is 11.7. The van der Waals surface area contributed by atoms with E-state index in [4.69, 9.17) is 4.74 Å². The first-order chi connectivity index (χ1) is 21.0. The van der Waals surface area contributed by atoms with Crippen LogP contribution in [0.5, 0.6) is 0 Å². The molecule has 1 heterocycles. The highest BCUT2D eigenvalue weighted by atomic mass is 16.5. The van der Waals surface area contributed by atoms with Gasteiger partial charge in [-0.1, -0.05) is 53.7 Å². The molecule has 1 aliphatic rings. The van der Waals surface area contributed by atoms with Crippen LogP contribution in [0.15, 0.2) is 12.7 Å². The van der Waals surface area contributed by atoms with Crippen LogP contribution in [0.4, 0.5) is 0 Å². The van der Waals surface area contributed by atoms with E-state index in [0.29, 0.717) is 6.42 Å². The van der Waals surface area contributed by atoms with Gasteiger partial charge in [0, 0.05) is 26.6 Å². The second kappa shape index (κ2) is 18.9. The van der Waals surface area contributed by atoms with Crippen molar-refractivity contribution in [3.63, 3.8) is 0 Å². The third kappa shape index (κ3) is 12.3. The van der Waals surface area contributed by atoms with Crippen molar-refractivity contribution in [2.75, 3.05) is 32.8 Å². The van der Waals surface area contributed by atoms with Gasteiger partial charge in [-0.25, -0.2) is 0 Å². The van der Waals surface area contributed by atoms with Crippen molar-refractivity contribution in [3.05, 3.63) is 12.7 Å². The van der Waals surface area contributed by atoms with Gasteiger partial charge in [0.1, 0.15) is 31.3 Å². The number of rotatable bonds is 17. The Bertz CT molecular complexity index is 1100. The Morgan fingerprint density at radius 1 is 1.00 bits per heavy atom. The summed E-state index contributed by atoms with van der Waals surface area (Å²) in [5.74, 6) is -5.75. The Morgan fingerprint density at radius 3 is 2.13 bits per heavy atom. The number of nitrogens with one attached hydrogen (secondary N) is 4. The fourth-order valence-corrected chi connectivity index (χ4v) is 4.75. The van der Waals surface area contributed by atoms with Gasteiger partial charge >= 0.3 is 13.0 Å². The molecule has 0 aromatic rings. The summed E-state index contributed by atoms with van der Waals surface area (Å²) in [5.41, 5.74) is 0. The molecule has 15 nitrogen and oxygen atoms in total. The Hall–Kier alpha value is -3.79. The molecule has 252 valence electrons. The largest absolute Gasteiger partial charge is 0.460 e. The lowest BCUT2D eigenvalue weighted by atomic mass is 9.83. The van der Waals surface area contributed by atoms with E-state index < -0.39 is 85.0 Å². The Balaban J connectivity index is 3.23. The zero-order valence-electron chi connectivity index (χ0n) is 27.4. The lowest BCUT2D eigenvalue weighted by Gasteiger charge is -2.43. The molecule has 45 heavy (non-hydrogen) atoms. The minimum Gasteiger partial charge on any atom is -0.460 e. The fraction of sp³-hybridized carbons (Fsp3) is 0.690. The van der Waals surface area contributed by atoms with Crippen LogP contribution < -0.4 is 21.3 Å². The van der Waals surface area contributed by atoms with Gasteiger partial charge in [0.15, 0.2) is 0 Å². The molecule has 0 bridgehead atoms. The van der Waals surface area contributed by atoms with E-state index in [1.807, 2.05) is 0 Å². The predicted molar refractivity (Wildman–Crippen MR) is 166 cm³/mol. The average molecular weight is 637 g/mol. The van der Waals surface area contributed by atoms with Crippen LogP contribution in [-0.4, -0.2) is 120 Å². The normalized spacial score (nSPS) is 17.0. The number of amides is 5. The van der Waals surface area contributed by atoms with E-state index in [-0.39, 0.29) is 38.6 Å². The van der Waals surface area contributed by atoms with Gasteiger partial charge in [-0.3, -0.25) is 33.6 Å². The van der Waals surface area contributed by atoms with Crippen molar-refractivity contribution in [2.45, 2.75) is 85.4 Å². The van der Waals surface area contributed by atoms with Crippen LogP contribution in [0.3, 0.4) is 0 Å². The predicted octanol–water partition coefficient (Wildman–Crippen LogP) is -1.39. The SMILES string of the molecule is C=CCOC(=O)CNC(=O)C(=O)C(CCC)NC(=O)C1CN(B(C)O)CCN1C(=O)[C@@H](NC(=O)[C@@H](NC(C)=O)C(C)C)C(C)C. The van der Waals surface area contributed by atoms with Crippen LogP contribution in [-0.2, 0) is 38.3 Å². The number of Topliss-reactive ketones (excluding diaryl/α,β-unsaturated/α-hetero) is 1. The molecule has 0 saturated carbocycles. The third-order valence-corrected chi connectivity index (χ3v) is 7.25. The summed E-state index contributed by atoms with van der Waals surface area (Å²) in [4.78, 5) is 92.6. The molecule has 1 aliphatic heterocycles. The van der Waals surface area contributed by atoms with Crippen molar-refractivity contribution in [3.8, 4) is 0 Å². The summed E-state index contributed by atoms with van der Waals surface area (Å²) in [6, 6.07) is -4.38. The van der Waals surface area contributed by atoms with E-state index in [2.05, 4.69) is 27.8 Å². The Morgan fingerprint density at radius 2 is 1.62 bits per heavy atom. The first kappa shape index (κ1) is 39.2. The third-order valence-electron chi connectivity index (χ3n) is 7.25. The Labute approximate surface area is 265 Å². The van der Waals surface area contributed by atoms with Crippen LogP contribution in [0.2, 0.25) is 6.82 Å². The number of nitrogens with zero attached hydrogens (tertiary/aromatic N) is 2. The molecule has 0 aliphatic carbocycles. The molecule has 2 unspecified atom stereocenters. The van der Waals surface area contributed by atoms with Gasteiger partial charge in [0.05, 0.1) is 6.04 Å². The van der Waals surface area contributed by atoms with E-state index in [1.165, 1.54) is 24.7 Å². The van der Waals surface area contributed by atoms with Crippen LogP contribution in [0, 0.1) is 11.8 Å². The summed E-state index contributed by atoms with van der Waals surface area (Å²) in [6.45, 7) is 14.5. The number of ether oxygens (including phenoxy) is 1. The second-order valence-electron chi connectivity index (χ2n) is 11.7. The molecule has 0 radical (unpaired) electrons. The first-order valence-electron chi connectivity index (χ1n) is 15.2. The summed E-state index contributed by atoms with van der Waals surface area (Å²) in [7, 11) is -0.942. The van der Waals surface area contributed by atoms with Gasteiger partial charge in [0.2, 0.25) is 29.4 Å². The molecule has 1 rings (SSSR count). The van der Waals surface area contributed by atoms with E-state index in [0.717, 1.165) is 0 Å². The number of hydrogen-bond acceptors (Lipinski definition) is 10. The quantitative estimate of drug-likeness (QED) is 0.0548. The first-order valence-corrected chi connectivity index (χ1v) is 15.2. The van der Waals surface area contributed by atoms with Crippen molar-refractivity contribution in [1.82, 2.24) is 31.0 Å². The summed E-state index contributed by atoms with van der Waals surface area (Å²) >= 11 is 0. The molecule has 1 fully saturated rings. The fourth-order valence-electron chi connectivity index (χ4n) is 4.75. The lowest BCUT2D eigenvalue weighted by molar-refractivity contribution is -0.148. The van der Waals surface area contributed by atoms with Gasteiger partial charge in [0.25, 0.3) is 5.91 Å². The minimum atomic E-state index is -1.25. The highest BCUT2D eigenvalue weighted by Crippen LogP contribution is 2.17. The maximum Gasteiger partial charge on any atom is 0.376 e. The van der Waals surface area contributed by atoms with Gasteiger partial charge in [-0.15, -0.1) is 0 Å². The highest BCUT2D eigenvalue weighted by Gasteiger charge is 2.42. The van der Waals surface area contributed by atoms with Gasteiger partial charge in [-0.2, -0.15) is 0 Å². The summed E-state index contributed by atoms with van der Waals surface area (Å²) in [5, 5.41) is 20.3.